The van der Waals surface area contributed by atoms with Crippen molar-refractivity contribution in [1.29, 1.82) is 0 Å². The number of amides is 1. The maximum absolute atomic E-state index is 12.8. The monoisotopic (exact) mass is 337 g/mol. The number of aliphatic carboxylic acids is 1. The summed E-state index contributed by atoms with van der Waals surface area (Å²) < 4.78 is 0. The maximum atomic E-state index is 12.8. The van der Waals surface area contributed by atoms with E-state index in [1.54, 1.807) is 4.90 Å². The van der Waals surface area contributed by atoms with E-state index in [0.29, 0.717) is 18.0 Å². The molecule has 1 saturated heterocycles. The van der Waals surface area contributed by atoms with E-state index in [0.717, 1.165) is 5.56 Å². The molecule has 2 aromatic carbocycles. The van der Waals surface area contributed by atoms with Crippen molar-refractivity contribution >= 4 is 11.9 Å². The molecule has 0 spiro atoms. The van der Waals surface area contributed by atoms with Gasteiger partial charge in [-0.25, -0.2) is 0 Å². The normalized spacial score (nSPS) is 20.0. The Labute approximate surface area is 148 Å². The molecule has 1 fully saturated rings. The first-order valence-electron chi connectivity index (χ1n) is 8.64. The molecular formula is C21H23NO3. The molecule has 4 heteroatoms. The first-order valence-corrected chi connectivity index (χ1v) is 8.64. The zero-order valence-corrected chi connectivity index (χ0v) is 14.6. The van der Waals surface area contributed by atoms with Crippen molar-refractivity contribution in [2.75, 3.05) is 13.1 Å². The van der Waals surface area contributed by atoms with E-state index in [1.165, 1.54) is 5.56 Å². The maximum Gasteiger partial charge on any atom is 0.308 e. The molecule has 0 saturated carbocycles. The summed E-state index contributed by atoms with van der Waals surface area (Å²) in [5, 5.41) is 9.57. The molecule has 1 amide bonds. The van der Waals surface area contributed by atoms with Crippen molar-refractivity contribution in [1.82, 2.24) is 4.90 Å². The Morgan fingerprint density at radius 3 is 2.20 bits per heavy atom. The lowest BCUT2D eigenvalue weighted by Crippen LogP contribution is -2.29. The fourth-order valence-corrected chi connectivity index (χ4v) is 3.45. The van der Waals surface area contributed by atoms with Crippen LogP contribution < -0.4 is 0 Å². The van der Waals surface area contributed by atoms with Gasteiger partial charge in [0.25, 0.3) is 5.91 Å². The third kappa shape index (κ3) is 3.58. The largest absolute Gasteiger partial charge is 0.481 e. The van der Waals surface area contributed by atoms with Crippen LogP contribution in [0.1, 0.15) is 47.2 Å². The Bertz CT molecular complexity index is 752. The van der Waals surface area contributed by atoms with E-state index >= 15 is 0 Å². The molecule has 2 aromatic rings. The number of hydrogen-bond acceptors (Lipinski definition) is 2. The van der Waals surface area contributed by atoms with E-state index in [9.17, 15) is 14.7 Å². The highest BCUT2D eigenvalue weighted by molar-refractivity contribution is 5.95. The zero-order valence-electron chi connectivity index (χ0n) is 14.6. The van der Waals surface area contributed by atoms with Gasteiger partial charge in [-0.1, -0.05) is 56.3 Å². The zero-order chi connectivity index (χ0) is 18.0. The number of likely N-dealkylation sites (tertiary alicyclic amines) is 1. The van der Waals surface area contributed by atoms with Crippen LogP contribution in [-0.2, 0) is 4.79 Å². The smallest absolute Gasteiger partial charge is 0.308 e. The van der Waals surface area contributed by atoms with Crippen LogP contribution in [0.3, 0.4) is 0 Å². The van der Waals surface area contributed by atoms with Crippen molar-refractivity contribution in [2.24, 2.45) is 5.92 Å². The van der Waals surface area contributed by atoms with Crippen molar-refractivity contribution < 1.29 is 14.7 Å². The van der Waals surface area contributed by atoms with Crippen LogP contribution in [0.25, 0.3) is 0 Å². The third-order valence-corrected chi connectivity index (χ3v) is 4.98. The molecule has 0 unspecified atom stereocenters. The lowest BCUT2D eigenvalue weighted by atomic mass is 9.89. The summed E-state index contributed by atoms with van der Waals surface area (Å²) in [4.78, 5) is 26.1. The lowest BCUT2D eigenvalue weighted by molar-refractivity contribution is -0.141. The van der Waals surface area contributed by atoms with Gasteiger partial charge in [-0.3, -0.25) is 9.59 Å². The number of nitrogens with zero attached hydrogens (tertiary/aromatic N) is 1. The molecule has 3 rings (SSSR count). The second-order valence-corrected chi connectivity index (χ2v) is 6.95. The minimum absolute atomic E-state index is 0.0972. The van der Waals surface area contributed by atoms with E-state index in [1.807, 2.05) is 54.6 Å². The fourth-order valence-electron chi connectivity index (χ4n) is 3.45. The van der Waals surface area contributed by atoms with Crippen LogP contribution in [-0.4, -0.2) is 35.0 Å². The lowest BCUT2D eigenvalue weighted by Gasteiger charge is -2.17. The summed E-state index contributed by atoms with van der Waals surface area (Å²) in [6, 6.07) is 17.2. The fraction of sp³-hybridized carbons (Fsp3) is 0.333. The second kappa shape index (κ2) is 7.09. The number of carboxylic acids is 1. The van der Waals surface area contributed by atoms with Crippen LogP contribution in [0.15, 0.2) is 54.6 Å². The van der Waals surface area contributed by atoms with Crippen molar-refractivity contribution in [2.45, 2.75) is 25.7 Å². The first-order chi connectivity index (χ1) is 12.0. The van der Waals surface area contributed by atoms with Gasteiger partial charge in [0, 0.05) is 24.6 Å². The molecule has 0 bridgehead atoms. The Morgan fingerprint density at radius 2 is 1.64 bits per heavy atom. The molecule has 0 aliphatic carbocycles. The summed E-state index contributed by atoms with van der Waals surface area (Å²) in [6.07, 6.45) is 0. The van der Waals surface area contributed by atoms with Gasteiger partial charge in [-0.05, 0) is 29.2 Å². The molecule has 1 heterocycles. The topological polar surface area (TPSA) is 57.6 Å². The Kier molecular flexibility index (Phi) is 4.88. The van der Waals surface area contributed by atoms with Gasteiger partial charge < -0.3 is 10.0 Å². The van der Waals surface area contributed by atoms with Gasteiger partial charge in [0.1, 0.15) is 0 Å². The summed E-state index contributed by atoms with van der Waals surface area (Å²) in [7, 11) is 0. The predicted molar refractivity (Wildman–Crippen MR) is 96.7 cm³/mol. The van der Waals surface area contributed by atoms with Crippen LogP contribution in [0, 0.1) is 5.92 Å². The van der Waals surface area contributed by atoms with E-state index in [-0.39, 0.29) is 18.4 Å². The summed E-state index contributed by atoms with van der Waals surface area (Å²) in [6.45, 7) is 4.91. The molecule has 130 valence electrons. The predicted octanol–water partition coefficient (Wildman–Crippen LogP) is 3.75. The number of hydrogen-bond donors (Lipinski definition) is 1. The number of carbonyl (C=O) groups is 2. The van der Waals surface area contributed by atoms with Crippen molar-refractivity contribution in [3.8, 4) is 0 Å². The third-order valence-electron chi connectivity index (χ3n) is 4.98. The summed E-state index contributed by atoms with van der Waals surface area (Å²) in [5.41, 5.74) is 2.77. The highest BCUT2D eigenvalue weighted by Gasteiger charge is 2.40. The minimum atomic E-state index is -0.848. The van der Waals surface area contributed by atoms with E-state index in [2.05, 4.69) is 13.8 Å². The number of rotatable bonds is 4. The molecule has 1 aliphatic heterocycles. The summed E-state index contributed by atoms with van der Waals surface area (Å²) >= 11 is 0. The number of carboxylic acid groups (broad SMARTS) is 1. The van der Waals surface area contributed by atoms with Crippen LogP contribution in [0.2, 0.25) is 0 Å². The SMILES string of the molecule is CC(C)c1ccc(C(=O)N2C[C@H](C(=O)O)[C@H](c3ccccc3)C2)cc1. The van der Waals surface area contributed by atoms with Gasteiger partial charge >= 0.3 is 5.97 Å². The van der Waals surface area contributed by atoms with Crippen LogP contribution in [0.5, 0.6) is 0 Å². The molecular weight excluding hydrogens is 314 g/mol. The first kappa shape index (κ1) is 17.2. The van der Waals surface area contributed by atoms with E-state index in [4.69, 9.17) is 0 Å². The van der Waals surface area contributed by atoms with Gasteiger partial charge in [0.15, 0.2) is 0 Å². The van der Waals surface area contributed by atoms with Crippen molar-refractivity contribution in [3.63, 3.8) is 0 Å². The molecule has 0 radical (unpaired) electrons. The highest BCUT2D eigenvalue weighted by atomic mass is 16.4. The Balaban J connectivity index is 1.81. The second-order valence-electron chi connectivity index (χ2n) is 6.95. The van der Waals surface area contributed by atoms with Gasteiger partial charge in [-0.15, -0.1) is 0 Å². The van der Waals surface area contributed by atoms with E-state index < -0.39 is 11.9 Å². The standard InChI is InChI=1S/C21H23NO3/c1-14(2)15-8-10-17(11-9-15)20(23)22-12-18(19(13-22)21(24)25)16-6-4-3-5-7-16/h3-11,14,18-19H,12-13H2,1-2H3,(H,24,25)/t18-,19-/m0/s1. The molecule has 1 aliphatic rings. The van der Waals surface area contributed by atoms with Gasteiger partial charge in [0.2, 0.25) is 0 Å². The van der Waals surface area contributed by atoms with Gasteiger partial charge in [0.05, 0.1) is 5.92 Å². The summed E-state index contributed by atoms with van der Waals surface area (Å²) in [5.74, 6) is -1.27. The highest BCUT2D eigenvalue weighted by Crippen LogP contribution is 2.33. The number of carbonyl (C=O) groups excluding carboxylic acids is 1. The minimum Gasteiger partial charge on any atom is -0.481 e. The molecule has 4 nitrogen and oxygen atoms in total. The van der Waals surface area contributed by atoms with Gasteiger partial charge in [-0.2, -0.15) is 0 Å². The number of benzene rings is 2. The molecule has 1 N–H and O–H groups in total. The molecule has 2 atom stereocenters. The molecule has 25 heavy (non-hydrogen) atoms. The quantitative estimate of drug-likeness (QED) is 0.924. The van der Waals surface area contributed by atoms with Crippen molar-refractivity contribution in [3.05, 3.63) is 71.3 Å². The van der Waals surface area contributed by atoms with Crippen LogP contribution >= 0.6 is 0 Å². The van der Waals surface area contributed by atoms with Crippen LogP contribution in [0.4, 0.5) is 0 Å². The average Bonchev–Trinajstić information content (AvgIpc) is 3.07. The Morgan fingerprint density at radius 1 is 1.00 bits per heavy atom. The molecule has 0 aromatic heterocycles. The average molecular weight is 337 g/mol. The Hall–Kier alpha value is -2.62.